The van der Waals surface area contributed by atoms with Crippen LogP contribution in [0.4, 0.5) is 4.39 Å². The van der Waals surface area contributed by atoms with E-state index in [1.165, 1.54) is 6.07 Å². The molecule has 0 spiro atoms. The minimum atomic E-state index is -0.129. The molecule has 2 atom stereocenters. The fourth-order valence-electron chi connectivity index (χ4n) is 1.84. The van der Waals surface area contributed by atoms with E-state index in [1.54, 1.807) is 13.2 Å². The highest BCUT2D eigenvalue weighted by Gasteiger charge is 2.09. The van der Waals surface area contributed by atoms with E-state index in [1.807, 2.05) is 12.1 Å². The molecule has 0 amide bonds. The molecule has 0 fully saturated rings. The van der Waals surface area contributed by atoms with Crippen molar-refractivity contribution in [1.29, 1.82) is 0 Å². The second-order valence-electron chi connectivity index (χ2n) is 4.22. The predicted molar refractivity (Wildman–Crippen MR) is 64.0 cm³/mol. The molecule has 2 nitrogen and oxygen atoms in total. The highest BCUT2D eigenvalue weighted by molar-refractivity contribution is 5.18. The summed E-state index contributed by atoms with van der Waals surface area (Å²) in [5.41, 5.74) is 0.757. The monoisotopic (exact) mass is 225 g/mol. The van der Waals surface area contributed by atoms with Gasteiger partial charge in [-0.2, -0.15) is 0 Å². The SMILES string of the molecule is COCC(C)NC(C)Cc1ccccc1F. The lowest BCUT2D eigenvalue weighted by molar-refractivity contribution is 0.167. The molecule has 1 aromatic rings. The van der Waals surface area contributed by atoms with Crippen LogP contribution in [0, 0.1) is 5.82 Å². The zero-order valence-corrected chi connectivity index (χ0v) is 10.2. The fraction of sp³-hybridized carbons (Fsp3) is 0.538. The van der Waals surface area contributed by atoms with Crippen LogP contribution in [0.15, 0.2) is 24.3 Å². The average Bonchev–Trinajstić information content (AvgIpc) is 2.21. The van der Waals surface area contributed by atoms with Crippen LogP contribution in [0.5, 0.6) is 0 Å². The molecule has 2 unspecified atom stereocenters. The molecule has 1 rings (SSSR count). The Morgan fingerprint density at radius 2 is 1.94 bits per heavy atom. The Morgan fingerprint density at radius 1 is 1.25 bits per heavy atom. The number of rotatable bonds is 6. The van der Waals surface area contributed by atoms with Crippen LogP contribution < -0.4 is 5.32 Å². The van der Waals surface area contributed by atoms with Gasteiger partial charge in [-0.1, -0.05) is 18.2 Å². The van der Waals surface area contributed by atoms with Crippen molar-refractivity contribution in [3.63, 3.8) is 0 Å². The summed E-state index contributed by atoms with van der Waals surface area (Å²) in [7, 11) is 1.68. The lowest BCUT2D eigenvalue weighted by Gasteiger charge is -2.19. The van der Waals surface area contributed by atoms with Crippen molar-refractivity contribution in [1.82, 2.24) is 5.32 Å². The number of halogens is 1. The van der Waals surface area contributed by atoms with E-state index in [9.17, 15) is 4.39 Å². The van der Waals surface area contributed by atoms with Gasteiger partial charge in [0.05, 0.1) is 6.61 Å². The molecule has 0 bridgehead atoms. The molecule has 16 heavy (non-hydrogen) atoms. The molecule has 0 aromatic heterocycles. The van der Waals surface area contributed by atoms with Gasteiger partial charge in [-0.3, -0.25) is 0 Å². The Kier molecular flexibility index (Phi) is 5.43. The summed E-state index contributed by atoms with van der Waals surface area (Å²) in [4.78, 5) is 0. The Balaban J connectivity index is 2.45. The number of nitrogens with one attached hydrogen (secondary N) is 1. The normalized spacial score (nSPS) is 14.8. The van der Waals surface area contributed by atoms with Gasteiger partial charge in [-0.15, -0.1) is 0 Å². The van der Waals surface area contributed by atoms with Crippen LogP contribution in [-0.4, -0.2) is 25.8 Å². The van der Waals surface area contributed by atoms with E-state index in [4.69, 9.17) is 4.74 Å². The van der Waals surface area contributed by atoms with Crippen LogP contribution in [0.1, 0.15) is 19.4 Å². The first kappa shape index (κ1) is 13.1. The molecule has 0 saturated carbocycles. The number of methoxy groups -OCH3 is 1. The number of hydrogen-bond donors (Lipinski definition) is 1. The molecule has 0 aliphatic heterocycles. The molecule has 1 N–H and O–H groups in total. The van der Waals surface area contributed by atoms with Crippen LogP contribution in [-0.2, 0) is 11.2 Å². The Morgan fingerprint density at radius 3 is 2.56 bits per heavy atom. The van der Waals surface area contributed by atoms with E-state index in [0.717, 1.165) is 5.56 Å². The molecule has 0 heterocycles. The summed E-state index contributed by atoms with van der Waals surface area (Å²) in [6.07, 6.45) is 0.695. The van der Waals surface area contributed by atoms with Gasteiger partial charge in [0.1, 0.15) is 5.82 Å². The molecule has 3 heteroatoms. The lowest BCUT2D eigenvalue weighted by atomic mass is 10.1. The third kappa shape index (κ3) is 4.29. The number of benzene rings is 1. The standard InChI is InChI=1S/C13H20FNO/c1-10(15-11(2)9-16-3)8-12-6-4-5-7-13(12)14/h4-7,10-11,15H,8-9H2,1-3H3. The van der Waals surface area contributed by atoms with E-state index >= 15 is 0 Å². The fourth-order valence-corrected chi connectivity index (χ4v) is 1.84. The third-order valence-corrected chi connectivity index (χ3v) is 2.47. The average molecular weight is 225 g/mol. The topological polar surface area (TPSA) is 21.3 Å². The first-order chi connectivity index (χ1) is 7.63. The van der Waals surface area contributed by atoms with E-state index in [0.29, 0.717) is 13.0 Å². The maximum absolute atomic E-state index is 13.4. The maximum Gasteiger partial charge on any atom is 0.126 e. The van der Waals surface area contributed by atoms with Crippen LogP contribution in [0.25, 0.3) is 0 Å². The van der Waals surface area contributed by atoms with Gasteiger partial charge in [-0.25, -0.2) is 4.39 Å². The summed E-state index contributed by atoms with van der Waals surface area (Å²) >= 11 is 0. The predicted octanol–water partition coefficient (Wildman–Crippen LogP) is 2.38. The van der Waals surface area contributed by atoms with E-state index in [2.05, 4.69) is 19.2 Å². The van der Waals surface area contributed by atoms with Gasteiger partial charge in [0.15, 0.2) is 0 Å². The minimum Gasteiger partial charge on any atom is -0.383 e. The number of hydrogen-bond acceptors (Lipinski definition) is 2. The summed E-state index contributed by atoms with van der Waals surface area (Å²) in [6, 6.07) is 7.43. The quantitative estimate of drug-likeness (QED) is 0.802. The van der Waals surface area contributed by atoms with Crippen molar-refractivity contribution in [3.05, 3.63) is 35.6 Å². The molecule has 0 aliphatic carbocycles. The molecular weight excluding hydrogens is 205 g/mol. The first-order valence-electron chi connectivity index (χ1n) is 5.62. The van der Waals surface area contributed by atoms with Gasteiger partial charge in [0.25, 0.3) is 0 Å². The highest BCUT2D eigenvalue weighted by Crippen LogP contribution is 2.09. The first-order valence-corrected chi connectivity index (χ1v) is 5.62. The van der Waals surface area contributed by atoms with E-state index < -0.39 is 0 Å². The maximum atomic E-state index is 13.4. The van der Waals surface area contributed by atoms with Gasteiger partial charge in [0, 0.05) is 19.2 Å². The van der Waals surface area contributed by atoms with Crippen molar-refractivity contribution in [2.45, 2.75) is 32.4 Å². The van der Waals surface area contributed by atoms with E-state index in [-0.39, 0.29) is 17.9 Å². The summed E-state index contributed by atoms with van der Waals surface area (Å²) in [5.74, 6) is -0.129. The Bertz CT molecular complexity index is 317. The zero-order chi connectivity index (χ0) is 12.0. The third-order valence-electron chi connectivity index (χ3n) is 2.47. The largest absolute Gasteiger partial charge is 0.383 e. The van der Waals surface area contributed by atoms with Crippen LogP contribution in [0.3, 0.4) is 0 Å². The van der Waals surface area contributed by atoms with Gasteiger partial charge in [-0.05, 0) is 31.9 Å². The molecular formula is C13H20FNO. The van der Waals surface area contributed by atoms with Crippen molar-refractivity contribution in [2.75, 3.05) is 13.7 Å². The summed E-state index contributed by atoms with van der Waals surface area (Å²) < 4.78 is 18.4. The molecule has 1 aromatic carbocycles. The Labute approximate surface area is 96.8 Å². The van der Waals surface area contributed by atoms with Crippen LogP contribution in [0.2, 0.25) is 0 Å². The zero-order valence-electron chi connectivity index (χ0n) is 10.2. The smallest absolute Gasteiger partial charge is 0.126 e. The van der Waals surface area contributed by atoms with Crippen molar-refractivity contribution < 1.29 is 9.13 Å². The number of ether oxygens (including phenoxy) is 1. The second kappa shape index (κ2) is 6.61. The van der Waals surface area contributed by atoms with Crippen LogP contribution >= 0.6 is 0 Å². The van der Waals surface area contributed by atoms with Gasteiger partial charge >= 0.3 is 0 Å². The second-order valence-corrected chi connectivity index (χ2v) is 4.22. The van der Waals surface area contributed by atoms with Gasteiger partial charge in [0.2, 0.25) is 0 Å². The molecule has 0 saturated heterocycles. The van der Waals surface area contributed by atoms with Crippen molar-refractivity contribution >= 4 is 0 Å². The minimum absolute atomic E-state index is 0.129. The van der Waals surface area contributed by atoms with Gasteiger partial charge < -0.3 is 10.1 Å². The molecule has 0 radical (unpaired) electrons. The summed E-state index contributed by atoms with van der Waals surface area (Å²) in [5, 5.41) is 3.36. The molecule has 90 valence electrons. The summed E-state index contributed by atoms with van der Waals surface area (Å²) in [6.45, 7) is 4.78. The molecule has 0 aliphatic rings. The van der Waals surface area contributed by atoms with Crippen molar-refractivity contribution in [3.8, 4) is 0 Å². The van der Waals surface area contributed by atoms with Crippen molar-refractivity contribution in [2.24, 2.45) is 0 Å². The Hall–Kier alpha value is -0.930. The highest BCUT2D eigenvalue weighted by atomic mass is 19.1. The lowest BCUT2D eigenvalue weighted by Crippen LogP contribution is -2.38.